The first-order chi connectivity index (χ1) is 13.3. The van der Waals surface area contributed by atoms with E-state index in [1.165, 1.54) is 22.3 Å². The zero-order valence-corrected chi connectivity index (χ0v) is 15.9. The lowest BCUT2D eigenvalue weighted by Gasteiger charge is -2.43. The Hall–Kier alpha value is -2.60. The Morgan fingerprint density at radius 1 is 0.852 bits per heavy atom. The molecule has 134 valence electrons. The molecule has 0 N–H and O–H groups in total. The Morgan fingerprint density at radius 2 is 1.63 bits per heavy atom. The van der Waals surface area contributed by atoms with Gasteiger partial charge in [-0.1, -0.05) is 103 Å². The minimum Gasteiger partial charge on any atom is -0.0844 e. The fraction of sp³-hybridized carbons (Fsp3) is 0.259. The molecule has 0 heterocycles. The van der Waals surface area contributed by atoms with Crippen molar-refractivity contribution >= 4 is 0 Å². The summed E-state index contributed by atoms with van der Waals surface area (Å²) in [7, 11) is 0. The van der Waals surface area contributed by atoms with Crippen molar-refractivity contribution in [2.45, 2.75) is 31.1 Å². The highest BCUT2D eigenvalue weighted by Gasteiger charge is 2.54. The molecule has 0 saturated heterocycles. The minimum atomic E-state index is -0.0125. The molecule has 0 radical (unpaired) electrons. The molecule has 0 amide bonds. The number of benzene rings is 2. The Balaban J connectivity index is 1.81. The molecule has 3 unspecified atom stereocenters. The molecule has 0 aliphatic heterocycles. The van der Waals surface area contributed by atoms with E-state index in [4.69, 9.17) is 0 Å². The predicted octanol–water partition coefficient (Wildman–Crippen LogP) is 6.72. The number of hydrogen-bond acceptors (Lipinski definition) is 0. The third kappa shape index (κ3) is 2.43. The van der Waals surface area contributed by atoms with Gasteiger partial charge in [0.2, 0.25) is 0 Å². The Bertz CT molecular complexity index is 957. The van der Waals surface area contributed by atoms with E-state index in [1.54, 1.807) is 0 Å². The molecule has 0 bridgehead atoms. The van der Waals surface area contributed by atoms with Gasteiger partial charge in [0, 0.05) is 17.3 Å². The van der Waals surface area contributed by atoms with Gasteiger partial charge in [-0.05, 0) is 42.4 Å². The van der Waals surface area contributed by atoms with Crippen LogP contribution in [0.3, 0.4) is 0 Å². The molecule has 0 heteroatoms. The number of allylic oxidation sites excluding steroid dienone is 8. The SMILES string of the molecule is CC1=CCC(C2(c3ccccc3)c3ccccc3[C@@H]3C=CCC=CC32)C=C1. The van der Waals surface area contributed by atoms with Crippen LogP contribution in [0.2, 0.25) is 0 Å². The van der Waals surface area contributed by atoms with E-state index >= 15 is 0 Å². The van der Waals surface area contributed by atoms with Gasteiger partial charge in [0.05, 0.1) is 0 Å². The summed E-state index contributed by atoms with van der Waals surface area (Å²) in [5.41, 5.74) is 5.85. The maximum absolute atomic E-state index is 2.51. The molecule has 0 aromatic heterocycles. The van der Waals surface area contributed by atoms with E-state index in [2.05, 4.69) is 104 Å². The molecule has 3 aliphatic rings. The maximum Gasteiger partial charge on any atom is 0.0342 e. The van der Waals surface area contributed by atoms with E-state index in [-0.39, 0.29) is 5.41 Å². The zero-order chi connectivity index (χ0) is 18.3. The summed E-state index contributed by atoms with van der Waals surface area (Å²) in [4.78, 5) is 0. The van der Waals surface area contributed by atoms with Gasteiger partial charge >= 0.3 is 0 Å². The van der Waals surface area contributed by atoms with Crippen LogP contribution < -0.4 is 0 Å². The second-order valence-corrected chi connectivity index (χ2v) is 8.12. The first-order valence-corrected chi connectivity index (χ1v) is 10.1. The molecular weight excluding hydrogens is 324 g/mol. The number of rotatable bonds is 2. The molecule has 2 aromatic carbocycles. The summed E-state index contributed by atoms with van der Waals surface area (Å²) < 4.78 is 0. The van der Waals surface area contributed by atoms with Gasteiger partial charge in [0.1, 0.15) is 0 Å². The fourth-order valence-corrected chi connectivity index (χ4v) is 5.63. The van der Waals surface area contributed by atoms with Crippen LogP contribution in [-0.2, 0) is 5.41 Å². The number of fused-ring (bicyclic) bond motifs is 3. The second-order valence-electron chi connectivity index (χ2n) is 8.12. The molecule has 5 rings (SSSR count). The Morgan fingerprint density at radius 3 is 2.44 bits per heavy atom. The van der Waals surface area contributed by atoms with E-state index in [9.17, 15) is 0 Å². The molecule has 3 aliphatic carbocycles. The summed E-state index contributed by atoms with van der Waals surface area (Å²) in [6, 6.07) is 20.4. The average Bonchev–Trinajstić information content (AvgIpc) is 2.85. The van der Waals surface area contributed by atoms with Gasteiger partial charge in [-0.2, -0.15) is 0 Å². The lowest BCUT2D eigenvalue weighted by atomic mass is 9.59. The van der Waals surface area contributed by atoms with Crippen molar-refractivity contribution in [3.8, 4) is 0 Å². The van der Waals surface area contributed by atoms with E-state index in [1.807, 2.05) is 0 Å². The first-order valence-electron chi connectivity index (χ1n) is 10.1. The molecule has 2 aromatic rings. The van der Waals surface area contributed by atoms with Crippen molar-refractivity contribution in [2.24, 2.45) is 11.8 Å². The molecule has 27 heavy (non-hydrogen) atoms. The summed E-state index contributed by atoms with van der Waals surface area (Å²) in [5, 5.41) is 0. The fourth-order valence-electron chi connectivity index (χ4n) is 5.63. The Kier molecular flexibility index (Phi) is 4.01. The monoisotopic (exact) mass is 350 g/mol. The third-order valence-electron chi connectivity index (χ3n) is 6.76. The highest BCUT2D eigenvalue weighted by molar-refractivity contribution is 5.57. The van der Waals surface area contributed by atoms with Crippen LogP contribution in [-0.4, -0.2) is 0 Å². The van der Waals surface area contributed by atoms with E-state index in [0.29, 0.717) is 17.8 Å². The van der Waals surface area contributed by atoms with Crippen molar-refractivity contribution < 1.29 is 0 Å². The van der Waals surface area contributed by atoms with Gasteiger partial charge < -0.3 is 0 Å². The molecule has 4 atom stereocenters. The molecule has 0 nitrogen and oxygen atoms in total. The standard InChI is InChI=1S/C27H26/c1-20-16-18-22(19-17-20)27(21-10-4-2-5-11-21)25-14-7-3-6-12-23(25)24-13-8-9-15-26(24)27/h2,4-18,22-23,25H,3,19H2,1H3/t22?,23-,25?,27?/m0/s1. The van der Waals surface area contributed by atoms with Crippen molar-refractivity contribution in [2.75, 3.05) is 0 Å². The van der Waals surface area contributed by atoms with Gasteiger partial charge in [-0.15, -0.1) is 0 Å². The predicted molar refractivity (Wildman–Crippen MR) is 114 cm³/mol. The van der Waals surface area contributed by atoms with Gasteiger partial charge in [-0.3, -0.25) is 0 Å². The average molecular weight is 351 g/mol. The largest absolute Gasteiger partial charge is 0.0844 e. The van der Waals surface area contributed by atoms with Crippen molar-refractivity contribution in [3.63, 3.8) is 0 Å². The van der Waals surface area contributed by atoms with Crippen LogP contribution in [0.4, 0.5) is 0 Å². The normalized spacial score (nSPS) is 31.1. The second kappa shape index (κ2) is 6.53. The van der Waals surface area contributed by atoms with Crippen LogP contribution in [0.5, 0.6) is 0 Å². The summed E-state index contributed by atoms with van der Waals surface area (Å²) in [5.74, 6) is 1.38. The van der Waals surface area contributed by atoms with Crippen LogP contribution in [0.1, 0.15) is 42.4 Å². The third-order valence-corrected chi connectivity index (χ3v) is 6.76. The van der Waals surface area contributed by atoms with Crippen molar-refractivity contribution in [1.29, 1.82) is 0 Å². The van der Waals surface area contributed by atoms with Crippen LogP contribution in [0.25, 0.3) is 0 Å². The van der Waals surface area contributed by atoms with Crippen molar-refractivity contribution in [1.82, 2.24) is 0 Å². The Labute approximate surface area is 162 Å². The molecular formula is C27H26. The summed E-state index contributed by atoms with van der Waals surface area (Å²) in [6.07, 6.45) is 19.1. The van der Waals surface area contributed by atoms with Gasteiger partial charge in [0.25, 0.3) is 0 Å². The lowest BCUT2D eigenvalue weighted by molar-refractivity contribution is 0.302. The topological polar surface area (TPSA) is 0 Å². The smallest absolute Gasteiger partial charge is 0.0342 e. The first kappa shape index (κ1) is 16.6. The quantitative estimate of drug-likeness (QED) is 0.527. The zero-order valence-electron chi connectivity index (χ0n) is 15.9. The lowest BCUT2D eigenvalue weighted by Crippen LogP contribution is -2.40. The van der Waals surface area contributed by atoms with Crippen molar-refractivity contribution in [3.05, 3.63) is 119 Å². The number of hydrogen-bond donors (Lipinski definition) is 0. The maximum atomic E-state index is 2.51. The van der Waals surface area contributed by atoms with Crippen LogP contribution in [0.15, 0.2) is 103 Å². The highest BCUT2D eigenvalue weighted by atomic mass is 14.6. The van der Waals surface area contributed by atoms with E-state index in [0.717, 1.165) is 12.8 Å². The summed E-state index contributed by atoms with van der Waals surface area (Å²) in [6.45, 7) is 2.21. The van der Waals surface area contributed by atoms with Crippen LogP contribution in [0, 0.1) is 11.8 Å². The molecule has 0 saturated carbocycles. The molecule has 0 fully saturated rings. The van der Waals surface area contributed by atoms with Gasteiger partial charge in [0.15, 0.2) is 0 Å². The summed E-state index contributed by atoms with van der Waals surface area (Å²) >= 11 is 0. The molecule has 0 spiro atoms. The van der Waals surface area contributed by atoms with Crippen LogP contribution >= 0.6 is 0 Å². The minimum absolute atomic E-state index is 0.0125. The van der Waals surface area contributed by atoms with Gasteiger partial charge in [-0.25, -0.2) is 0 Å². The van der Waals surface area contributed by atoms with E-state index < -0.39 is 0 Å². The highest BCUT2D eigenvalue weighted by Crippen LogP contribution is 2.60.